The molecule has 2 rings (SSSR count). The predicted molar refractivity (Wildman–Crippen MR) is 73.7 cm³/mol. The van der Waals surface area contributed by atoms with Gasteiger partial charge in [-0.3, -0.25) is 4.79 Å². The summed E-state index contributed by atoms with van der Waals surface area (Å²) in [6.45, 7) is 0. The highest BCUT2D eigenvalue weighted by atomic mass is 35.5. The molecule has 0 aliphatic heterocycles. The Bertz CT molecular complexity index is 676. The molecule has 0 saturated carbocycles. The van der Waals surface area contributed by atoms with E-state index >= 15 is 0 Å². The highest BCUT2D eigenvalue weighted by Gasteiger charge is 2.11. The summed E-state index contributed by atoms with van der Waals surface area (Å²) in [5.41, 5.74) is 1.41. The Balaban J connectivity index is 2.23. The Hall–Kier alpha value is -2.31. The summed E-state index contributed by atoms with van der Waals surface area (Å²) in [6.07, 6.45) is 5.28. The number of hydrogen-bond acceptors (Lipinski definition) is 1. The van der Waals surface area contributed by atoms with Gasteiger partial charge in [0.05, 0.1) is 10.6 Å². The zero-order chi connectivity index (χ0) is 13.8. The second kappa shape index (κ2) is 5.55. The lowest BCUT2D eigenvalue weighted by Crippen LogP contribution is -2.12. The normalized spacial score (nSPS) is 9.74. The average molecular weight is 274 g/mol. The van der Waals surface area contributed by atoms with Crippen LogP contribution < -0.4 is 5.32 Å². The van der Waals surface area contributed by atoms with Crippen molar-refractivity contribution in [1.82, 2.24) is 0 Å². The summed E-state index contributed by atoms with van der Waals surface area (Å²) >= 11 is 5.82. The molecular formula is C15H9ClFNO. The van der Waals surface area contributed by atoms with Gasteiger partial charge in [-0.25, -0.2) is 4.39 Å². The third-order valence-electron chi connectivity index (χ3n) is 2.46. The number of amides is 1. The van der Waals surface area contributed by atoms with Crippen molar-refractivity contribution < 1.29 is 9.18 Å². The van der Waals surface area contributed by atoms with Crippen molar-refractivity contribution in [3.63, 3.8) is 0 Å². The van der Waals surface area contributed by atoms with Crippen molar-refractivity contribution in [3.05, 3.63) is 64.4 Å². The third kappa shape index (κ3) is 3.12. The molecule has 2 aromatic carbocycles. The SMILES string of the molecule is C#Cc1cccc(NC(=O)c2ccc(F)cc2Cl)c1. The second-order valence-electron chi connectivity index (χ2n) is 3.80. The van der Waals surface area contributed by atoms with E-state index in [0.717, 1.165) is 6.07 Å². The van der Waals surface area contributed by atoms with Crippen molar-refractivity contribution in [2.75, 3.05) is 5.32 Å². The minimum atomic E-state index is -0.490. The maximum Gasteiger partial charge on any atom is 0.257 e. The number of nitrogens with one attached hydrogen (secondary N) is 1. The summed E-state index contributed by atoms with van der Waals surface area (Å²) in [6, 6.07) is 10.5. The number of hydrogen-bond donors (Lipinski definition) is 1. The fourth-order valence-electron chi connectivity index (χ4n) is 1.56. The van der Waals surface area contributed by atoms with Crippen molar-refractivity contribution in [1.29, 1.82) is 0 Å². The molecule has 19 heavy (non-hydrogen) atoms. The van der Waals surface area contributed by atoms with Crippen molar-refractivity contribution in [2.45, 2.75) is 0 Å². The molecule has 0 spiro atoms. The summed E-state index contributed by atoms with van der Waals surface area (Å²) in [5.74, 6) is 1.56. The minimum Gasteiger partial charge on any atom is -0.322 e. The van der Waals surface area contributed by atoms with Crippen LogP contribution in [0.1, 0.15) is 15.9 Å². The predicted octanol–water partition coefficient (Wildman–Crippen LogP) is 3.71. The summed E-state index contributed by atoms with van der Waals surface area (Å²) in [7, 11) is 0. The molecule has 2 aromatic rings. The highest BCUT2D eigenvalue weighted by molar-refractivity contribution is 6.34. The third-order valence-corrected chi connectivity index (χ3v) is 2.78. The molecule has 0 heterocycles. The Labute approximate surface area is 115 Å². The average Bonchev–Trinajstić information content (AvgIpc) is 2.38. The van der Waals surface area contributed by atoms with Gasteiger partial charge in [0.25, 0.3) is 5.91 Å². The van der Waals surface area contributed by atoms with Gasteiger partial charge >= 0.3 is 0 Å². The van der Waals surface area contributed by atoms with Gasteiger partial charge in [0.1, 0.15) is 5.82 Å². The summed E-state index contributed by atoms with van der Waals surface area (Å²) in [5, 5.41) is 2.71. The number of carbonyl (C=O) groups excluding carboxylic acids is 1. The molecular weight excluding hydrogens is 265 g/mol. The fraction of sp³-hybridized carbons (Fsp3) is 0. The van der Waals surface area contributed by atoms with Crippen LogP contribution in [-0.4, -0.2) is 5.91 Å². The van der Waals surface area contributed by atoms with Gasteiger partial charge in [-0.15, -0.1) is 6.42 Å². The van der Waals surface area contributed by atoms with E-state index < -0.39 is 11.7 Å². The zero-order valence-electron chi connectivity index (χ0n) is 9.78. The lowest BCUT2D eigenvalue weighted by Gasteiger charge is -2.07. The minimum absolute atomic E-state index is 0.0607. The lowest BCUT2D eigenvalue weighted by atomic mass is 10.1. The maximum absolute atomic E-state index is 12.9. The quantitative estimate of drug-likeness (QED) is 0.831. The van der Waals surface area contributed by atoms with E-state index in [1.54, 1.807) is 24.3 Å². The number of carbonyl (C=O) groups is 1. The van der Waals surface area contributed by atoms with Crippen LogP contribution in [0.15, 0.2) is 42.5 Å². The molecule has 1 N–H and O–H groups in total. The van der Waals surface area contributed by atoms with Crippen LogP contribution in [-0.2, 0) is 0 Å². The number of anilines is 1. The first-order chi connectivity index (χ1) is 9.10. The van der Waals surface area contributed by atoms with E-state index in [1.165, 1.54) is 12.1 Å². The van der Waals surface area contributed by atoms with Crippen LogP contribution >= 0.6 is 11.6 Å². The Morgan fingerprint density at radius 3 is 2.74 bits per heavy atom. The van der Waals surface area contributed by atoms with Crippen molar-refractivity contribution in [2.24, 2.45) is 0 Å². The van der Waals surface area contributed by atoms with Crippen LogP contribution in [0.4, 0.5) is 10.1 Å². The van der Waals surface area contributed by atoms with E-state index in [4.69, 9.17) is 18.0 Å². The Morgan fingerprint density at radius 2 is 2.05 bits per heavy atom. The first-order valence-electron chi connectivity index (χ1n) is 5.43. The van der Waals surface area contributed by atoms with E-state index in [1.807, 2.05) is 0 Å². The highest BCUT2D eigenvalue weighted by Crippen LogP contribution is 2.19. The standard InChI is InChI=1S/C15H9ClFNO/c1-2-10-4-3-5-12(8-10)18-15(19)13-7-6-11(17)9-14(13)16/h1,3-9H,(H,18,19). The molecule has 0 bridgehead atoms. The molecule has 0 unspecified atom stereocenters. The number of benzene rings is 2. The van der Waals surface area contributed by atoms with Gasteiger partial charge in [0, 0.05) is 11.3 Å². The van der Waals surface area contributed by atoms with Gasteiger partial charge in [-0.2, -0.15) is 0 Å². The van der Waals surface area contributed by atoms with E-state index in [-0.39, 0.29) is 10.6 Å². The van der Waals surface area contributed by atoms with Crippen LogP contribution in [0.5, 0.6) is 0 Å². The van der Waals surface area contributed by atoms with Gasteiger partial charge in [-0.05, 0) is 36.4 Å². The number of rotatable bonds is 2. The molecule has 2 nitrogen and oxygen atoms in total. The van der Waals surface area contributed by atoms with Crippen LogP contribution in [0, 0.1) is 18.2 Å². The Kier molecular flexibility index (Phi) is 3.84. The van der Waals surface area contributed by atoms with Crippen molar-refractivity contribution >= 4 is 23.2 Å². The molecule has 0 atom stereocenters. The van der Waals surface area contributed by atoms with Crippen molar-refractivity contribution in [3.8, 4) is 12.3 Å². The molecule has 0 fully saturated rings. The summed E-state index contributed by atoms with van der Waals surface area (Å²) < 4.78 is 12.9. The lowest BCUT2D eigenvalue weighted by molar-refractivity contribution is 0.102. The van der Waals surface area contributed by atoms with Crippen LogP contribution in [0.25, 0.3) is 0 Å². The van der Waals surface area contributed by atoms with E-state index in [0.29, 0.717) is 11.3 Å². The smallest absolute Gasteiger partial charge is 0.257 e. The molecule has 0 aromatic heterocycles. The molecule has 0 radical (unpaired) electrons. The topological polar surface area (TPSA) is 29.1 Å². The number of terminal acetylenes is 1. The van der Waals surface area contributed by atoms with Gasteiger partial charge in [0.2, 0.25) is 0 Å². The maximum atomic E-state index is 12.9. The monoisotopic (exact) mass is 273 g/mol. The molecule has 0 aliphatic rings. The first kappa shape index (κ1) is 13.1. The van der Waals surface area contributed by atoms with Crippen LogP contribution in [0.3, 0.4) is 0 Å². The fourth-order valence-corrected chi connectivity index (χ4v) is 1.81. The first-order valence-corrected chi connectivity index (χ1v) is 5.81. The molecule has 94 valence electrons. The summed E-state index contributed by atoms with van der Waals surface area (Å²) in [4.78, 5) is 12.0. The van der Waals surface area contributed by atoms with Gasteiger partial charge < -0.3 is 5.32 Å². The molecule has 0 aliphatic carbocycles. The zero-order valence-corrected chi connectivity index (χ0v) is 10.5. The van der Waals surface area contributed by atoms with Gasteiger partial charge in [-0.1, -0.05) is 23.6 Å². The Morgan fingerprint density at radius 1 is 1.26 bits per heavy atom. The van der Waals surface area contributed by atoms with Gasteiger partial charge in [0.15, 0.2) is 0 Å². The van der Waals surface area contributed by atoms with E-state index in [2.05, 4.69) is 11.2 Å². The molecule has 1 amide bonds. The van der Waals surface area contributed by atoms with E-state index in [9.17, 15) is 9.18 Å². The number of halogens is 2. The molecule has 4 heteroatoms. The largest absolute Gasteiger partial charge is 0.322 e. The second-order valence-corrected chi connectivity index (χ2v) is 4.21. The molecule has 0 saturated heterocycles. The van der Waals surface area contributed by atoms with Crippen LogP contribution in [0.2, 0.25) is 5.02 Å².